The molecule has 0 bridgehead atoms. The Morgan fingerprint density at radius 1 is 1.13 bits per heavy atom. The number of rotatable bonds is 7. The third-order valence-corrected chi connectivity index (χ3v) is 4.04. The number of esters is 1. The van der Waals surface area contributed by atoms with Gasteiger partial charge in [0.05, 0.1) is 17.9 Å². The number of carbonyl (C=O) groups excluding carboxylic acids is 2. The molecule has 0 radical (unpaired) electrons. The summed E-state index contributed by atoms with van der Waals surface area (Å²) in [4.78, 5) is 24.4. The lowest BCUT2D eigenvalue weighted by atomic mass is 10.1. The maximum absolute atomic E-state index is 12.8. The fourth-order valence-electron chi connectivity index (χ4n) is 2.65. The standard InChI is InChI=1S/C22H19N5O3/c1-2-30-22(29)17(13-23)14-24-25-21(28)19-15-27(18-11-7-4-8-12-18)26-20(19)16-9-5-3-6-10-16/h3-12,14-15,24H,2H2,1H3,(H,25,28)/b17-14+. The minimum Gasteiger partial charge on any atom is -0.462 e. The zero-order chi connectivity index (χ0) is 21.3. The van der Waals surface area contributed by atoms with Crippen LogP contribution in [-0.4, -0.2) is 28.3 Å². The maximum atomic E-state index is 12.8. The summed E-state index contributed by atoms with van der Waals surface area (Å²) < 4.78 is 6.39. The Morgan fingerprint density at radius 3 is 2.43 bits per heavy atom. The summed E-state index contributed by atoms with van der Waals surface area (Å²) >= 11 is 0. The molecular formula is C22H19N5O3. The Morgan fingerprint density at radius 2 is 1.80 bits per heavy atom. The predicted octanol–water partition coefficient (Wildman–Crippen LogP) is 2.74. The smallest absolute Gasteiger partial charge is 0.350 e. The first-order valence-electron chi connectivity index (χ1n) is 9.17. The minimum absolute atomic E-state index is 0.142. The van der Waals surface area contributed by atoms with Gasteiger partial charge in [-0.15, -0.1) is 0 Å². The van der Waals surface area contributed by atoms with Crippen LogP contribution in [-0.2, 0) is 9.53 Å². The molecule has 0 saturated carbocycles. The summed E-state index contributed by atoms with van der Waals surface area (Å²) in [6.45, 7) is 1.78. The highest BCUT2D eigenvalue weighted by molar-refractivity contribution is 5.99. The summed E-state index contributed by atoms with van der Waals surface area (Å²) in [5.41, 5.74) is 7.07. The Kier molecular flexibility index (Phi) is 6.59. The van der Waals surface area contributed by atoms with Crippen molar-refractivity contribution in [3.63, 3.8) is 0 Å². The van der Waals surface area contributed by atoms with Crippen molar-refractivity contribution in [3.05, 3.63) is 84.2 Å². The van der Waals surface area contributed by atoms with Gasteiger partial charge in [-0.3, -0.25) is 10.2 Å². The second-order valence-electron chi connectivity index (χ2n) is 6.03. The van der Waals surface area contributed by atoms with E-state index in [2.05, 4.69) is 16.0 Å². The van der Waals surface area contributed by atoms with Gasteiger partial charge in [-0.05, 0) is 19.1 Å². The molecule has 8 nitrogen and oxygen atoms in total. The monoisotopic (exact) mass is 401 g/mol. The summed E-state index contributed by atoms with van der Waals surface area (Å²) in [7, 11) is 0. The third kappa shape index (κ3) is 4.72. The number of hydrogen-bond donors (Lipinski definition) is 2. The lowest BCUT2D eigenvalue weighted by Gasteiger charge is -2.05. The van der Waals surface area contributed by atoms with Crippen molar-refractivity contribution in [2.45, 2.75) is 6.92 Å². The minimum atomic E-state index is -0.774. The van der Waals surface area contributed by atoms with Crippen molar-refractivity contribution in [1.29, 1.82) is 5.26 Å². The average Bonchev–Trinajstić information content (AvgIpc) is 3.24. The number of aromatic nitrogens is 2. The van der Waals surface area contributed by atoms with Crippen molar-refractivity contribution >= 4 is 11.9 Å². The fourth-order valence-corrected chi connectivity index (χ4v) is 2.65. The summed E-state index contributed by atoms with van der Waals surface area (Å²) in [5.74, 6) is -1.25. The van der Waals surface area contributed by atoms with E-state index in [4.69, 9.17) is 10.00 Å². The first-order valence-corrected chi connectivity index (χ1v) is 9.17. The lowest BCUT2D eigenvalue weighted by molar-refractivity contribution is -0.138. The van der Waals surface area contributed by atoms with Crippen molar-refractivity contribution in [1.82, 2.24) is 20.6 Å². The van der Waals surface area contributed by atoms with Gasteiger partial charge in [0, 0.05) is 18.0 Å². The number of benzene rings is 2. The molecule has 0 aliphatic rings. The zero-order valence-electron chi connectivity index (χ0n) is 16.2. The van der Waals surface area contributed by atoms with Crippen molar-refractivity contribution in [3.8, 4) is 23.0 Å². The number of para-hydroxylation sites is 1. The second-order valence-corrected chi connectivity index (χ2v) is 6.03. The first-order chi connectivity index (χ1) is 14.6. The molecule has 0 fully saturated rings. The number of hydrogen-bond acceptors (Lipinski definition) is 6. The van der Waals surface area contributed by atoms with Crippen LogP contribution in [0.4, 0.5) is 0 Å². The topological polar surface area (TPSA) is 109 Å². The second kappa shape index (κ2) is 9.71. The number of ether oxygens (including phenoxy) is 1. The number of hydrazine groups is 1. The molecule has 30 heavy (non-hydrogen) atoms. The molecule has 1 amide bonds. The van der Waals surface area contributed by atoms with Gasteiger partial charge in [-0.2, -0.15) is 10.4 Å². The van der Waals surface area contributed by atoms with Crippen LogP contribution >= 0.6 is 0 Å². The Hall–Kier alpha value is -4.38. The van der Waals surface area contributed by atoms with E-state index < -0.39 is 11.9 Å². The summed E-state index contributed by atoms with van der Waals surface area (Å²) in [6, 6.07) is 20.4. The van der Waals surface area contributed by atoms with Crippen LogP contribution in [0.3, 0.4) is 0 Å². The van der Waals surface area contributed by atoms with Crippen LogP contribution in [0, 0.1) is 11.3 Å². The van der Waals surface area contributed by atoms with Gasteiger partial charge in [-0.1, -0.05) is 48.5 Å². The molecule has 3 rings (SSSR count). The molecule has 0 aliphatic heterocycles. The highest BCUT2D eigenvalue weighted by Crippen LogP contribution is 2.23. The third-order valence-electron chi connectivity index (χ3n) is 4.04. The van der Waals surface area contributed by atoms with Crippen molar-refractivity contribution in [2.24, 2.45) is 0 Å². The maximum Gasteiger partial charge on any atom is 0.350 e. The van der Waals surface area contributed by atoms with Crippen molar-refractivity contribution < 1.29 is 14.3 Å². The van der Waals surface area contributed by atoms with Gasteiger partial charge in [-0.25, -0.2) is 9.48 Å². The van der Waals surface area contributed by atoms with Gasteiger partial charge in [0.25, 0.3) is 5.91 Å². The molecule has 0 atom stereocenters. The van der Waals surface area contributed by atoms with Gasteiger partial charge in [0.1, 0.15) is 11.8 Å². The normalized spacial score (nSPS) is 10.7. The zero-order valence-corrected chi connectivity index (χ0v) is 16.2. The molecule has 1 heterocycles. The van der Waals surface area contributed by atoms with Crippen LogP contribution < -0.4 is 10.9 Å². The van der Waals surface area contributed by atoms with Gasteiger partial charge in [0.2, 0.25) is 0 Å². The van der Waals surface area contributed by atoms with E-state index in [9.17, 15) is 9.59 Å². The van der Waals surface area contributed by atoms with Gasteiger partial charge in [0.15, 0.2) is 5.57 Å². The van der Waals surface area contributed by atoms with Crippen molar-refractivity contribution in [2.75, 3.05) is 6.61 Å². The number of nitrogens with zero attached hydrogens (tertiary/aromatic N) is 3. The molecule has 2 N–H and O–H groups in total. The molecule has 2 aromatic carbocycles. The van der Waals surface area contributed by atoms with E-state index in [-0.39, 0.29) is 12.2 Å². The Bertz CT molecular complexity index is 1100. The van der Waals surface area contributed by atoms with Crippen LogP contribution in [0.5, 0.6) is 0 Å². The molecule has 0 spiro atoms. The van der Waals surface area contributed by atoms with Gasteiger partial charge >= 0.3 is 5.97 Å². The van der Waals surface area contributed by atoms with Crippen LogP contribution in [0.15, 0.2) is 78.6 Å². The number of nitriles is 1. The largest absolute Gasteiger partial charge is 0.462 e. The molecule has 150 valence electrons. The van der Waals surface area contributed by atoms with Crippen LogP contribution in [0.2, 0.25) is 0 Å². The highest BCUT2D eigenvalue weighted by atomic mass is 16.5. The van der Waals surface area contributed by atoms with E-state index in [0.717, 1.165) is 17.5 Å². The van der Waals surface area contributed by atoms with E-state index in [0.29, 0.717) is 11.3 Å². The molecule has 3 aromatic rings. The molecule has 1 aromatic heterocycles. The Labute approximate surface area is 173 Å². The van der Waals surface area contributed by atoms with E-state index in [1.165, 1.54) is 0 Å². The van der Waals surface area contributed by atoms with Crippen LogP contribution in [0.1, 0.15) is 17.3 Å². The molecule has 0 unspecified atom stereocenters. The summed E-state index contributed by atoms with van der Waals surface area (Å²) in [5, 5.41) is 13.6. The molecule has 0 aliphatic carbocycles. The number of nitrogens with one attached hydrogen (secondary N) is 2. The fraction of sp³-hybridized carbons (Fsp3) is 0.0909. The highest BCUT2D eigenvalue weighted by Gasteiger charge is 2.18. The number of carbonyl (C=O) groups is 2. The van der Waals surface area contributed by atoms with E-state index in [1.54, 1.807) is 23.9 Å². The Balaban J connectivity index is 1.87. The molecule has 0 saturated heterocycles. The molecule has 8 heteroatoms. The SMILES string of the molecule is CCOC(=O)/C(C#N)=C/NNC(=O)c1cn(-c2ccccc2)nc1-c1ccccc1. The van der Waals surface area contributed by atoms with E-state index >= 15 is 0 Å². The predicted molar refractivity (Wildman–Crippen MR) is 110 cm³/mol. The number of amides is 1. The van der Waals surface area contributed by atoms with Crippen LogP contribution in [0.25, 0.3) is 16.9 Å². The van der Waals surface area contributed by atoms with E-state index in [1.807, 2.05) is 60.7 Å². The average molecular weight is 401 g/mol. The van der Waals surface area contributed by atoms with Gasteiger partial charge < -0.3 is 10.2 Å². The first kappa shape index (κ1) is 20.4. The lowest BCUT2D eigenvalue weighted by Crippen LogP contribution is -2.34. The molecular weight excluding hydrogens is 382 g/mol. The quantitative estimate of drug-likeness (QED) is 0.273. The summed E-state index contributed by atoms with van der Waals surface area (Å²) in [6.07, 6.45) is 2.70.